The SMILES string of the molecule is Cc1cc(C)c(S(=O)(=O)N2CCn3c(Br)cnc3C2)c(C)c1. The summed E-state index contributed by atoms with van der Waals surface area (Å²) < 4.78 is 30.5. The number of rotatable bonds is 2. The molecular weight excluding hydrogens is 366 g/mol. The van der Waals surface area contributed by atoms with E-state index in [1.165, 1.54) is 4.31 Å². The molecule has 7 heteroatoms. The molecule has 0 saturated carbocycles. The summed E-state index contributed by atoms with van der Waals surface area (Å²) in [6.07, 6.45) is 1.72. The fraction of sp³-hybridized carbons (Fsp3) is 0.400. The standard InChI is InChI=1S/C15H18BrN3O2S/c1-10-6-11(2)15(12(3)7-10)22(20,21)18-4-5-19-13(16)8-17-14(19)9-18/h6-8H,4-5,9H2,1-3H3. The third kappa shape index (κ3) is 2.51. The Kier molecular flexibility index (Phi) is 3.91. The summed E-state index contributed by atoms with van der Waals surface area (Å²) in [5.74, 6) is 0.768. The highest BCUT2D eigenvalue weighted by Crippen LogP contribution is 2.28. The Morgan fingerprint density at radius 3 is 2.41 bits per heavy atom. The molecule has 118 valence electrons. The first-order chi connectivity index (χ1) is 10.3. The molecule has 0 N–H and O–H groups in total. The van der Waals surface area contributed by atoms with Gasteiger partial charge in [-0.25, -0.2) is 13.4 Å². The van der Waals surface area contributed by atoms with Gasteiger partial charge in [0.2, 0.25) is 10.0 Å². The van der Waals surface area contributed by atoms with E-state index in [-0.39, 0.29) is 0 Å². The van der Waals surface area contributed by atoms with Crippen LogP contribution in [0, 0.1) is 20.8 Å². The Hall–Kier alpha value is -1.18. The van der Waals surface area contributed by atoms with Gasteiger partial charge in [0, 0.05) is 13.1 Å². The van der Waals surface area contributed by atoms with Gasteiger partial charge in [0.1, 0.15) is 10.4 Å². The lowest BCUT2D eigenvalue weighted by Crippen LogP contribution is -2.39. The van der Waals surface area contributed by atoms with Crippen molar-refractivity contribution in [3.8, 4) is 0 Å². The van der Waals surface area contributed by atoms with Crippen LogP contribution in [0.1, 0.15) is 22.5 Å². The Morgan fingerprint density at radius 1 is 1.14 bits per heavy atom. The Morgan fingerprint density at radius 2 is 1.77 bits per heavy atom. The summed E-state index contributed by atoms with van der Waals surface area (Å²) in [7, 11) is -3.51. The second kappa shape index (κ2) is 5.47. The zero-order valence-electron chi connectivity index (χ0n) is 12.8. The van der Waals surface area contributed by atoms with Crippen molar-refractivity contribution in [3.63, 3.8) is 0 Å². The average Bonchev–Trinajstić information content (AvgIpc) is 2.78. The minimum atomic E-state index is -3.51. The van der Waals surface area contributed by atoms with Crippen LogP contribution in [0.25, 0.3) is 0 Å². The van der Waals surface area contributed by atoms with E-state index in [4.69, 9.17) is 0 Å². The number of halogens is 1. The first kappa shape index (κ1) is 15.7. The normalized spacial score (nSPS) is 15.8. The maximum atomic E-state index is 13.0. The fourth-order valence-corrected chi connectivity index (χ4v) is 5.39. The lowest BCUT2D eigenvalue weighted by Gasteiger charge is -2.28. The average molecular weight is 384 g/mol. The molecule has 1 aromatic heterocycles. The zero-order chi connectivity index (χ0) is 16.1. The molecule has 0 fully saturated rings. The summed E-state index contributed by atoms with van der Waals surface area (Å²) in [5, 5.41) is 0. The summed E-state index contributed by atoms with van der Waals surface area (Å²) in [6.45, 7) is 7.06. The van der Waals surface area contributed by atoms with Crippen molar-refractivity contribution in [2.24, 2.45) is 0 Å². The quantitative estimate of drug-likeness (QED) is 0.800. The van der Waals surface area contributed by atoms with E-state index in [9.17, 15) is 8.42 Å². The molecule has 0 saturated heterocycles. The number of hydrogen-bond donors (Lipinski definition) is 0. The first-order valence-corrected chi connectivity index (χ1v) is 9.32. The molecule has 1 aromatic carbocycles. The van der Waals surface area contributed by atoms with Gasteiger partial charge < -0.3 is 4.57 Å². The van der Waals surface area contributed by atoms with E-state index >= 15 is 0 Å². The van der Waals surface area contributed by atoms with Crippen LogP contribution in [-0.4, -0.2) is 28.8 Å². The van der Waals surface area contributed by atoms with Crippen LogP contribution >= 0.6 is 15.9 Å². The molecule has 0 spiro atoms. The number of nitrogens with zero attached hydrogens (tertiary/aromatic N) is 3. The van der Waals surface area contributed by atoms with Gasteiger partial charge in [-0.1, -0.05) is 17.7 Å². The minimum Gasteiger partial charge on any atom is -0.320 e. The van der Waals surface area contributed by atoms with E-state index in [1.807, 2.05) is 37.5 Å². The number of fused-ring (bicyclic) bond motifs is 1. The third-order valence-electron chi connectivity index (χ3n) is 3.98. The summed E-state index contributed by atoms with van der Waals surface area (Å²) in [4.78, 5) is 4.71. The fourth-order valence-electron chi connectivity index (χ4n) is 3.11. The van der Waals surface area contributed by atoms with Gasteiger partial charge in [0.15, 0.2) is 0 Å². The van der Waals surface area contributed by atoms with Gasteiger partial charge in [0.05, 0.1) is 17.6 Å². The minimum absolute atomic E-state index is 0.306. The first-order valence-electron chi connectivity index (χ1n) is 7.08. The van der Waals surface area contributed by atoms with Crippen molar-refractivity contribution in [2.45, 2.75) is 38.8 Å². The largest absolute Gasteiger partial charge is 0.320 e. The monoisotopic (exact) mass is 383 g/mol. The molecule has 0 unspecified atom stereocenters. The second-order valence-corrected chi connectivity index (χ2v) is 8.40. The Balaban J connectivity index is 2.02. The van der Waals surface area contributed by atoms with Crippen molar-refractivity contribution in [1.29, 1.82) is 0 Å². The molecule has 0 atom stereocenters. The predicted octanol–water partition coefficient (Wildman–Crippen LogP) is 2.78. The molecule has 0 aliphatic carbocycles. The summed E-state index contributed by atoms with van der Waals surface area (Å²) in [6, 6.07) is 3.84. The van der Waals surface area contributed by atoms with Gasteiger partial charge in [0.25, 0.3) is 0 Å². The topological polar surface area (TPSA) is 55.2 Å². The zero-order valence-corrected chi connectivity index (χ0v) is 15.2. The van der Waals surface area contributed by atoms with Crippen LogP contribution in [0.3, 0.4) is 0 Å². The lowest BCUT2D eigenvalue weighted by atomic mass is 10.1. The van der Waals surface area contributed by atoms with Crippen molar-refractivity contribution >= 4 is 26.0 Å². The number of sulfonamides is 1. The van der Waals surface area contributed by atoms with Crippen LogP contribution in [-0.2, 0) is 23.1 Å². The Bertz CT molecular complexity index is 819. The molecule has 0 bridgehead atoms. The van der Waals surface area contributed by atoms with E-state index in [0.29, 0.717) is 24.5 Å². The molecule has 2 aromatic rings. The van der Waals surface area contributed by atoms with Crippen molar-refractivity contribution in [2.75, 3.05) is 6.54 Å². The van der Waals surface area contributed by atoms with Crippen LogP contribution in [0.4, 0.5) is 0 Å². The van der Waals surface area contributed by atoms with Crippen LogP contribution in [0.2, 0.25) is 0 Å². The van der Waals surface area contributed by atoms with Gasteiger partial charge in [-0.3, -0.25) is 0 Å². The van der Waals surface area contributed by atoms with Gasteiger partial charge in [-0.15, -0.1) is 0 Å². The molecule has 22 heavy (non-hydrogen) atoms. The van der Waals surface area contributed by atoms with E-state index < -0.39 is 10.0 Å². The van der Waals surface area contributed by atoms with Gasteiger partial charge in [-0.2, -0.15) is 4.31 Å². The second-order valence-electron chi connectivity index (χ2n) is 5.72. The number of aryl methyl sites for hydroxylation is 3. The van der Waals surface area contributed by atoms with E-state index in [1.54, 1.807) is 6.20 Å². The molecule has 3 rings (SSSR count). The molecular formula is C15H18BrN3O2S. The highest BCUT2D eigenvalue weighted by Gasteiger charge is 2.31. The van der Waals surface area contributed by atoms with Crippen LogP contribution in [0.5, 0.6) is 0 Å². The molecule has 1 aliphatic heterocycles. The number of hydrogen-bond acceptors (Lipinski definition) is 3. The van der Waals surface area contributed by atoms with Crippen molar-refractivity contribution < 1.29 is 8.42 Å². The summed E-state index contributed by atoms with van der Waals surface area (Å²) >= 11 is 3.43. The van der Waals surface area contributed by atoms with Gasteiger partial charge in [-0.05, 0) is 47.8 Å². The molecule has 2 heterocycles. The highest BCUT2D eigenvalue weighted by molar-refractivity contribution is 9.10. The van der Waals surface area contributed by atoms with Gasteiger partial charge >= 0.3 is 0 Å². The van der Waals surface area contributed by atoms with Crippen molar-refractivity contribution in [3.05, 3.63) is 45.4 Å². The Labute approximate surface area is 139 Å². The molecule has 1 aliphatic rings. The maximum absolute atomic E-state index is 13.0. The van der Waals surface area contributed by atoms with Crippen molar-refractivity contribution in [1.82, 2.24) is 13.9 Å². The smallest absolute Gasteiger partial charge is 0.244 e. The molecule has 0 radical (unpaired) electrons. The third-order valence-corrected chi connectivity index (χ3v) is 6.77. The maximum Gasteiger partial charge on any atom is 0.244 e. The highest BCUT2D eigenvalue weighted by atomic mass is 79.9. The van der Waals surface area contributed by atoms with E-state index in [2.05, 4.69) is 20.9 Å². The lowest BCUT2D eigenvalue weighted by molar-refractivity contribution is 0.333. The van der Waals surface area contributed by atoms with E-state index in [0.717, 1.165) is 27.1 Å². The number of aromatic nitrogens is 2. The summed E-state index contributed by atoms with van der Waals surface area (Å²) in [5.41, 5.74) is 2.67. The number of benzene rings is 1. The molecule has 0 amide bonds. The van der Waals surface area contributed by atoms with Crippen LogP contribution < -0.4 is 0 Å². The number of imidazole rings is 1. The molecule has 5 nitrogen and oxygen atoms in total. The van der Waals surface area contributed by atoms with Crippen LogP contribution in [0.15, 0.2) is 27.8 Å². The predicted molar refractivity (Wildman–Crippen MR) is 88.2 cm³/mol.